The fourth-order valence-corrected chi connectivity index (χ4v) is 1.81. The second-order valence-corrected chi connectivity index (χ2v) is 4.28. The van der Waals surface area contributed by atoms with Crippen LogP contribution in [0.5, 0.6) is 0 Å². The highest BCUT2D eigenvalue weighted by atomic mass is 16.4. The lowest BCUT2D eigenvalue weighted by atomic mass is 10.1. The molecule has 72 valence electrons. The van der Waals surface area contributed by atoms with Gasteiger partial charge in [0.25, 0.3) is 0 Å². The maximum Gasteiger partial charge on any atom is 0.307 e. The Balaban J connectivity index is 2.77. The Hall–Kier alpha value is -1.05. The second kappa shape index (κ2) is 3.02. The van der Waals surface area contributed by atoms with Crippen LogP contribution in [0.15, 0.2) is 24.3 Å². The van der Waals surface area contributed by atoms with Crippen molar-refractivity contribution < 1.29 is 9.90 Å². The normalized spacial score (nSPS) is 31.2. The highest BCUT2D eigenvalue weighted by molar-refractivity contribution is 5.76. The molecule has 0 aromatic heterocycles. The molecule has 0 heterocycles. The monoisotopic (exact) mass is 180 g/mol. The molecule has 0 unspecified atom stereocenters. The van der Waals surface area contributed by atoms with Gasteiger partial charge in [-0.3, -0.25) is 4.79 Å². The van der Waals surface area contributed by atoms with Gasteiger partial charge in [0.1, 0.15) is 0 Å². The molecule has 1 saturated carbocycles. The first-order valence-electron chi connectivity index (χ1n) is 4.45. The molecule has 0 saturated heterocycles. The molecule has 0 aliphatic heterocycles. The maximum absolute atomic E-state index is 10.8. The molecule has 13 heavy (non-hydrogen) atoms. The van der Waals surface area contributed by atoms with E-state index in [-0.39, 0.29) is 17.3 Å². The number of carboxylic acids is 1. The van der Waals surface area contributed by atoms with Crippen molar-refractivity contribution in [1.82, 2.24) is 0 Å². The topological polar surface area (TPSA) is 37.3 Å². The van der Waals surface area contributed by atoms with Gasteiger partial charge < -0.3 is 5.11 Å². The number of carboxylic acid groups (broad SMARTS) is 1. The maximum atomic E-state index is 10.8. The van der Waals surface area contributed by atoms with Crippen molar-refractivity contribution in [3.05, 3.63) is 24.3 Å². The van der Waals surface area contributed by atoms with Crippen molar-refractivity contribution in [3.8, 4) is 0 Å². The van der Waals surface area contributed by atoms with Gasteiger partial charge in [-0.15, -0.1) is 0 Å². The van der Waals surface area contributed by atoms with Crippen LogP contribution < -0.4 is 0 Å². The van der Waals surface area contributed by atoms with Gasteiger partial charge in [0.05, 0.1) is 5.92 Å². The summed E-state index contributed by atoms with van der Waals surface area (Å²) < 4.78 is 0. The number of rotatable bonds is 3. The van der Waals surface area contributed by atoms with E-state index in [1.165, 1.54) is 0 Å². The molecule has 1 aliphatic rings. The van der Waals surface area contributed by atoms with Crippen LogP contribution in [-0.2, 0) is 4.79 Å². The first kappa shape index (κ1) is 10.0. The molecule has 0 amide bonds. The van der Waals surface area contributed by atoms with Crippen molar-refractivity contribution in [2.24, 2.45) is 17.3 Å². The van der Waals surface area contributed by atoms with Gasteiger partial charge in [0.2, 0.25) is 0 Å². The Bertz CT molecular complexity index is 274. The summed E-state index contributed by atoms with van der Waals surface area (Å²) in [7, 11) is 0. The molecule has 1 rings (SSSR count). The summed E-state index contributed by atoms with van der Waals surface area (Å²) in [6, 6.07) is 0. The molecular formula is C11H16O2. The van der Waals surface area contributed by atoms with Gasteiger partial charge in [0, 0.05) is 0 Å². The summed E-state index contributed by atoms with van der Waals surface area (Å²) in [6.45, 7) is 9.57. The molecule has 1 fully saturated rings. The molecule has 2 atom stereocenters. The fraction of sp³-hybridized carbons (Fsp3) is 0.545. The molecule has 0 spiro atoms. The van der Waals surface area contributed by atoms with Crippen LogP contribution in [0.25, 0.3) is 0 Å². The Labute approximate surface area is 79.0 Å². The summed E-state index contributed by atoms with van der Waals surface area (Å²) in [5, 5.41) is 8.89. The van der Waals surface area contributed by atoms with Crippen LogP contribution in [0.4, 0.5) is 0 Å². The average Bonchev–Trinajstić information content (AvgIpc) is 2.53. The van der Waals surface area contributed by atoms with Crippen LogP contribution in [-0.4, -0.2) is 11.1 Å². The third kappa shape index (κ3) is 1.67. The van der Waals surface area contributed by atoms with Crippen molar-refractivity contribution in [3.63, 3.8) is 0 Å². The first-order chi connectivity index (χ1) is 5.91. The van der Waals surface area contributed by atoms with E-state index in [9.17, 15) is 4.79 Å². The van der Waals surface area contributed by atoms with Crippen molar-refractivity contribution in [2.45, 2.75) is 20.8 Å². The minimum absolute atomic E-state index is 0.0872. The van der Waals surface area contributed by atoms with Gasteiger partial charge in [0.15, 0.2) is 0 Å². The Morgan fingerprint density at radius 3 is 2.38 bits per heavy atom. The third-order valence-corrected chi connectivity index (χ3v) is 2.94. The minimum atomic E-state index is -0.692. The molecule has 0 bridgehead atoms. The summed E-state index contributed by atoms with van der Waals surface area (Å²) in [5.74, 6) is -0.742. The fourth-order valence-electron chi connectivity index (χ4n) is 1.81. The van der Waals surface area contributed by atoms with E-state index in [4.69, 9.17) is 5.11 Å². The molecule has 2 heteroatoms. The van der Waals surface area contributed by atoms with Gasteiger partial charge in [-0.25, -0.2) is 0 Å². The van der Waals surface area contributed by atoms with E-state index in [1.807, 2.05) is 26.8 Å². The predicted molar refractivity (Wildman–Crippen MR) is 52.4 cm³/mol. The molecule has 0 aromatic rings. The summed E-state index contributed by atoms with van der Waals surface area (Å²) in [5.41, 5.74) is 0.970. The molecule has 1 N–H and O–H groups in total. The SMILES string of the molecule is C=CC(C)=C[C@@H]1[C@@H](C(=O)O)C1(C)C. The molecule has 2 nitrogen and oxygen atoms in total. The highest BCUT2D eigenvalue weighted by Crippen LogP contribution is 2.59. The zero-order chi connectivity index (χ0) is 10.2. The number of aliphatic carboxylic acids is 1. The van der Waals surface area contributed by atoms with Crippen LogP contribution in [0.1, 0.15) is 20.8 Å². The Morgan fingerprint density at radius 1 is 1.54 bits per heavy atom. The van der Waals surface area contributed by atoms with Crippen molar-refractivity contribution in [1.29, 1.82) is 0 Å². The molecular weight excluding hydrogens is 164 g/mol. The number of allylic oxidation sites excluding steroid dienone is 3. The van der Waals surface area contributed by atoms with E-state index >= 15 is 0 Å². The Kier molecular flexibility index (Phi) is 2.33. The van der Waals surface area contributed by atoms with Crippen molar-refractivity contribution >= 4 is 5.97 Å². The average molecular weight is 180 g/mol. The molecule has 0 aromatic carbocycles. The number of hydrogen-bond donors (Lipinski definition) is 1. The molecule has 1 aliphatic carbocycles. The predicted octanol–water partition coefficient (Wildman–Crippen LogP) is 2.48. The quantitative estimate of drug-likeness (QED) is 0.677. The zero-order valence-corrected chi connectivity index (χ0v) is 8.37. The number of carbonyl (C=O) groups is 1. The highest BCUT2D eigenvalue weighted by Gasteiger charge is 2.60. The lowest BCUT2D eigenvalue weighted by Crippen LogP contribution is -2.02. The van der Waals surface area contributed by atoms with E-state index in [2.05, 4.69) is 6.58 Å². The standard InChI is InChI=1S/C11H16O2/c1-5-7(2)6-8-9(10(12)13)11(8,3)4/h5-6,8-9H,1H2,2-4H3,(H,12,13)/t8-,9+/m1/s1. The Morgan fingerprint density at radius 2 is 2.08 bits per heavy atom. The minimum Gasteiger partial charge on any atom is -0.481 e. The van der Waals surface area contributed by atoms with Crippen molar-refractivity contribution in [2.75, 3.05) is 0 Å². The second-order valence-electron chi connectivity index (χ2n) is 4.28. The van der Waals surface area contributed by atoms with Gasteiger partial charge in [-0.05, 0) is 18.3 Å². The van der Waals surface area contributed by atoms with Gasteiger partial charge >= 0.3 is 5.97 Å². The van der Waals surface area contributed by atoms with Gasteiger partial charge in [-0.1, -0.05) is 38.2 Å². The summed E-state index contributed by atoms with van der Waals surface area (Å²) in [4.78, 5) is 10.8. The number of hydrogen-bond acceptors (Lipinski definition) is 1. The van der Waals surface area contributed by atoms with Crippen LogP contribution in [0.3, 0.4) is 0 Å². The van der Waals surface area contributed by atoms with Crippen LogP contribution in [0, 0.1) is 17.3 Å². The summed E-state index contributed by atoms with van der Waals surface area (Å²) in [6.07, 6.45) is 3.76. The first-order valence-corrected chi connectivity index (χ1v) is 4.45. The van der Waals surface area contributed by atoms with Crippen LogP contribution >= 0.6 is 0 Å². The van der Waals surface area contributed by atoms with E-state index in [0.717, 1.165) is 5.57 Å². The van der Waals surface area contributed by atoms with Crippen LogP contribution in [0.2, 0.25) is 0 Å². The van der Waals surface area contributed by atoms with E-state index in [0.29, 0.717) is 0 Å². The summed E-state index contributed by atoms with van der Waals surface area (Å²) >= 11 is 0. The third-order valence-electron chi connectivity index (χ3n) is 2.94. The van der Waals surface area contributed by atoms with Gasteiger partial charge in [-0.2, -0.15) is 0 Å². The van der Waals surface area contributed by atoms with E-state index in [1.54, 1.807) is 6.08 Å². The smallest absolute Gasteiger partial charge is 0.307 e. The zero-order valence-electron chi connectivity index (χ0n) is 8.37. The van der Waals surface area contributed by atoms with E-state index < -0.39 is 5.97 Å². The molecule has 0 radical (unpaired) electrons. The largest absolute Gasteiger partial charge is 0.481 e. The lowest BCUT2D eigenvalue weighted by Gasteiger charge is -1.97. The lowest BCUT2D eigenvalue weighted by molar-refractivity contribution is -0.139.